The predicted molar refractivity (Wildman–Crippen MR) is 72.2 cm³/mol. The number of hydrogen-bond acceptors (Lipinski definition) is 1. The Labute approximate surface area is 107 Å². The topological polar surface area (TPSA) is 20.2 Å². The molecule has 0 aromatic rings. The lowest BCUT2D eigenvalue weighted by Gasteiger charge is -2.45. The molecule has 2 saturated carbocycles. The monoisotopic (exact) mass is 322 g/mol. The Hall–Kier alpha value is 0.690. The maximum Gasteiger partial charge on any atom is 0.0573 e. The first kappa shape index (κ1) is 12.2. The Kier molecular flexibility index (Phi) is 3.66. The minimum Gasteiger partial charge on any atom is -0.393 e. The van der Waals surface area contributed by atoms with E-state index in [9.17, 15) is 5.11 Å². The van der Waals surface area contributed by atoms with Crippen LogP contribution in [0.3, 0.4) is 0 Å². The maximum atomic E-state index is 10.1. The van der Waals surface area contributed by atoms with E-state index in [0.717, 1.165) is 18.3 Å². The van der Waals surface area contributed by atoms with Crippen molar-refractivity contribution in [2.45, 2.75) is 52.1 Å². The van der Waals surface area contributed by atoms with Crippen LogP contribution in [0, 0.1) is 23.2 Å². The van der Waals surface area contributed by atoms with E-state index in [4.69, 9.17) is 0 Å². The first-order valence-corrected chi connectivity index (χ1v) is 7.86. The third kappa shape index (κ3) is 1.97. The number of alkyl halides is 1. The van der Waals surface area contributed by atoms with E-state index in [2.05, 4.69) is 36.4 Å². The van der Waals surface area contributed by atoms with E-state index in [1.807, 2.05) is 0 Å². The number of aliphatic hydroxyl groups excluding tert-OH is 1. The molecule has 0 bridgehead atoms. The van der Waals surface area contributed by atoms with Crippen molar-refractivity contribution < 1.29 is 5.11 Å². The number of rotatable bonds is 2. The van der Waals surface area contributed by atoms with Crippen molar-refractivity contribution in [2.24, 2.45) is 23.2 Å². The van der Waals surface area contributed by atoms with Gasteiger partial charge in [0.05, 0.1) is 6.10 Å². The first-order chi connectivity index (χ1) is 7.09. The molecule has 0 aliphatic heterocycles. The summed E-state index contributed by atoms with van der Waals surface area (Å²) in [4.78, 5) is 0. The summed E-state index contributed by atoms with van der Waals surface area (Å²) in [6.45, 7) is 4.84. The van der Waals surface area contributed by atoms with Gasteiger partial charge in [0, 0.05) is 4.43 Å². The second-order valence-electron chi connectivity index (χ2n) is 5.89. The van der Waals surface area contributed by atoms with Gasteiger partial charge in [0.15, 0.2) is 0 Å². The van der Waals surface area contributed by atoms with Gasteiger partial charge in [0.1, 0.15) is 0 Å². The van der Waals surface area contributed by atoms with Gasteiger partial charge >= 0.3 is 0 Å². The SMILES string of the molecule is C[C@H](CI)C1CCC2[C@@H](O)CCC[C@]12C. The summed E-state index contributed by atoms with van der Waals surface area (Å²) >= 11 is 2.52. The van der Waals surface area contributed by atoms with Crippen LogP contribution in [-0.4, -0.2) is 15.6 Å². The lowest BCUT2D eigenvalue weighted by atomic mass is 9.62. The molecule has 2 aliphatic rings. The zero-order valence-electron chi connectivity index (χ0n) is 9.88. The van der Waals surface area contributed by atoms with Crippen molar-refractivity contribution in [3.05, 3.63) is 0 Å². The van der Waals surface area contributed by atoms with Gasteiger partial charge in [-0.25, -0.2) is 0 Å². The van der Waals surface area contributed by atoms with Crippen molar-refractivity contribution >= 4 is 22.6 Å². The molecule has 0 aromatic heterocycles. The third-order valence-electron chi connectivity index (χ3n) is 5.09. The van der Waals surface area contributed by atoms with Gasteiger partial charge in [0.2, 0.25) is 0 Å². The van der Waals surface area contributed by atoms with Crippen molar-refractivity contribution in [1.29, 1.82) is 0 Å². The molecule has 2 aliphatic carbocycles. The minimum atomic E-state index is -0.00448. The Bertz CT molecular complexity index is 231. The fraction of sp³-hybridized carbons (Fsp3) is 1.00. The highest BCUT2D eigenvalue weighted by atomic mass is 127. The molecule has 88 valence electrons. The van der Waals surface area contributed by atoms with Crippen LogP contribution in [0.4, 0.5) is 0 Å². The van der Waals surface area contributed by atoms with Crippen molar-refractivity contribution in [2.75, 3.05) is 4.43 Å². The molecule has 1 nitrogen and oxygen atoms in total. The van der Waals surface area contributed by atoms with Gasteiger partial charge < -0.3 is 5.11 Å². The molecule has 2 rings (SSSR count). The minimum absolute atomic E-state index is 0.00448. The molecule has 5 atom stereocenters. The van der Waals surface area contributed by atoms with E-state index < -0.39 is 0 Å². The summed E-state index contributed by atoms with van der Waals surface area (Å²) in [6, 6.07) is 0. The summed E-state index contributed by atoms with van der Waals surface area (Å²) in [5.74, 6) is 2.28. The van der Waals surface area contributed by atoms with Gasteiger partial charge in [-0.2, -0.15) is 0 Å². The second-order valence-corrected chi connectivity index (χ2v) is 6.77. The summed E-state index contributed by atoms with van der Waals surface area (Å²) in [7, 11) is 0. The Morgan fingerprint density at radius 2 is 2.13 bits per heavy atom. The van der Waals surface area contributed by atoms with Crippen LogP contribution in [0.15, 0.2) is 0 Å². The Morgan fingerprint density at radius 1 is 1.40 bits per heavy atom. The van der Waals surface area contributed by atoms with Crippen molar-refractivity contribution in [3.63, 3.8) is 0 Å². The predicted octanol–water partition coefficient (Wildman–Crippen LogP) is 3.63. The number of fused-ring (bicyclic) bond motifs is 1. The third-order valence-corrected chi connectivity index (χ3v) is 6.48. The fourth-order valence-electron chi connectivity index (χ4n) is 4.23. The van der Waals surface area contributed by atoms with E-state index in [-0.39, 0.29) is 6.10 Å². The van der Waals surface area contributed by atoms with Gasteiger partial charge in [-0.1, -0.05) is 42.9 Å². The average Bonchev–Trinajstić information content (AvgIpc) is 2.56. The van der Waals surface area contributed by atoms with E-state index >= 15 is 0 Å². The van der Waals surface area contributed by atoms with Crippen molar-refractivity contribution in [3.8, 4) is 0 Å². The molecular formula is C13H23IO. The zero-order chi connectivity index (χ0) is 11.1. The first-order valence-electron chi connectivity index (χ1n) is 6.33. The molecule has 0 aromatic carbocycles. The summed E-state index contributed by atoms with van der Waals surface area (Å²) < 4.78 is 1.26. The zero-order valence-corrected chi connectivity index (χ0v) is 12.0. The molecule has 15 heavy (non-hydrogen) atoms. The van der Waals surface area contributed by atoms with Crippen LogP contribution in [-0.2, 0) is 0 Å². The van der Waals surface area contributed by atoms with Crippen LogP contribution in [0.25, 0.3) is 0 Å². The normalized spacial score (nSPS) is 47.6. The van der Waals surface area contributed by atoms with E-state index in [1.165, 1.54) is 30.1 Å². The molecule has 0 amide bonds. The number of halogens is 1. The number of aliphatic hydroxyl groups is 1. The van der Waals surface area contributed by atoms with Crippen LogP contribution < -0.4 is 0 Å². The molecule has 1 N–H and O–H groups in total. The van der Waals surface area contributed by atoms with Gasteiger partial charge in [-0.05, 0) is 48.9 Å². The van der Waals surface area contributed by atoms with Crippen LogP contribution >= 0.6 is 22.6 Å². The van der Waals surface area contributed by atoms with Crippen molar-refractivity contribution in [1.82, 2.24) is 0 Å². The summed E-state index contributed by atoms with van der Waals surface area (Å²) in [6.07, 6.45) is 6.24. The van der Waals surface area contributed by atoms with Crippen LogP contribution in [0.1, 0.15) is 46.0 Å². The average molecular weight is 322 g/mol. The molecule has 2 fully saturated rings. The largest absolute Gasteiger partial charge is 0.393 e. The molecule has 0 heterocycles. The lowest BCUT2D eigenvalue weighted by Crippen LogP contribution is -2.41. The number of hydrogen-bond donors (Lipinski definition) is 1. The van der Waals surface area contributed by atoms with Crippen LogP contribution in [0.2, 0.25) is 0 Å². The van der Waals surface area contributed by atoms with Gasteiger partial charge in [0.25, 0.3) is 0 Å². The molecule has 2 heteroatoms. The fourth-order valence-corrected chi connectivity index (χ4v) is 4.85. The smallest absolute Gasteiger partial charge is 0.0573 e. The Balaban J connectivity index is 2.17. The van der Waals surface area contributed by atoms with Gasteiger partial charge in [-0.15, -0.1) is 0 Å². The molecule has 2 unspecified atom stereocenters. The maximum absolute atomic E-state index is 10.1. The quantitative estimate of drug-likeness (QED) is 0.608. The molecule has 0 saturated heterocycles. The summed E-state index contributed by atoms with van der Waals surface area (Å²) in [5, 5.41) is 10.1. The highest BCUT2D eigenvalue weighted by Gasteiger charge is 2.51. The molecular weight excluding hydrogens is 299 g/mol. The standard InChI is InChI=1S/C13H23IO/c1-9(8-14)10-5-6-11-12(15)4-3-7-13(10,11)2/h9-12,15H,3-8H2,1-2H3/t9-,10?,11?,12+,13-/m1/s1. The summed E-state index contributed by atoms with van der Waals surface area (Å²) in [5.41, 5.74) is 0.447. The van der Waals surface area contributed by atoms with Gasteiger partial charge in [-0.3, -0.25) is 0 Å². The van der Waals surface area contributed by atoms with Crippen LogP contribution in [0.5, 0.6) is 0 Å². The Morgan fingerprint density at radius 3 is 2.80 bits per heavy atom. The van der Waals surface area contributed by atoms with E-state index in [1.54, 1.807) is 0 Å². The van der Waals surface area contributed by atoms with E-state index in [0.29, 0.717) is 11.3 Å². The second kappa shape index (κ2) is 4.52. The molecule has 0 radical (unpaired) electrons. The molecule has 0 spiro atoms. The highest BCUT2D eigenvalue weighted by Crippen LogP contribution is 2.57. The highest BCUT2D eigenvalue weighted by molar-refractivity contribution is 14.1. The lowest BCUT2D eigenvalue weighted by molar-refractivity contribution is -0.0247.